The highest BCUT2D eigenvalue weighted by Crippen LogP contribution is 2.24. The van der Waals surface area contributed by atoms with E-state index in [1.807, 2.05) is 43.3 Å². The number of hydrazone groups is 1. The first-order valence-corrected chi connectivity index (χ1v) is 8.64. The van der Waals surface area contributed by atoms with Gasteiger partial charge in [-0.3, -0.25) is 5.43 Å². The molecule has 0 bridgehead atoms. The number of nitrogens with zero attached hydrogens (tertiary/aromatic N) is 5. The van der Waals surface area contributed by atoms with Gasteiger partial charge in [0, 0.05) is 9.26 Å². The third kappa shape index (κ3) is 3.64. The molecular formula is C16H12IN7O2. The molecule has 4 rings (SSSR count). The summed E-state index contributed by atoms with van der Waals surface area (Å²) < 4.78 is 11.3. The van der Waals surface area contributed by atoms with Gasteiger partial charge < -0.3 is 9.73 Å². The van der Waals surface area contributed by atoms with Gasteiger partial charge in [0.25, 0.3) is 0 Å². The van der Waals surface area contributed by atoms with Crippen molar-refractivity contribution < 1.29 is 9.05 Å². The number of rotatable bonds is 5. The van der Waals surface area contributed by atoms with Crippen LogP contribution < -0.4 is 10.7 Å². The van der Waals surface area contributed by atoms with E-state index in [4.69, 9.17) is 4.42 Å². The molecule has 10 heteroatoms. The zero-order chi connectivity index (χ0) is 17.9. The van der Waals surface area contributed by atoms with Gasteiger partial charge in [-0.25, -0.2) is 9.61 Å². The lowest BCUT2D eigenvalue weighted by molar-refractivity contribution is 0.314. The molecule has 1 aromatic carbocycles. The van der Waals surface area contributed by atoms with Gasteiger partial charge in [0.15, 0.2) is 11.6 Å². The summed E-state index contributed by atoms with van der Waals surface area (Å²) in [6.07, 6.45) is 1.55. The summed E-state index contributed by atoms with van der Waals surface area (Å²) >= 11 is 2.24. The highest BCUT2D eigenvalue weighted by Gasteiger charge is 2.12. The Balaban J connectivity index is 1.62. The van der Waals surface area contributed by atoms with Crippen LogP contribution in [0, 0.1) is 10.5 Å². The number of furan rings is 1. The predicted octanol–water partition coefficient (Wildman–Crippen LogP) is 3.71. The van der Waals surface area contributed by atoms with Gasteiger partial charge in [-0.15, -0.1) is 0 Å². The lowest BCUT2D eigenvalue weighted by Gasteiger charge is -2.09. The maximum atomic E-state index is 5.44. The summed E-state index contributed by atoms with van der Waals surface area (Å²) in [5.74, 6) is 2.26. The molecule has 0 unspecified atom stereocenters. The van der Waals surface area contributed by atoms with Crippen molar-refractivity contribution in [1.82, 2.24) is 20.3 Å². The van der Waals surface area contributed by atoms with Gasteiger partial charge in [0.1, 0.15) is 11.5 Å². The van der Waals surface area contributed by atoms with Gasteiger partial charge in [-0.05, 0) is 76.2 Å². The molecule has 0 amide bonds. The van der Waals surface area contributed by atoms with Crippen molar-refractivity contribution in [3.63, 3.8) is 0 Å². The second-order valence-electron chi connectivity index (χ2n) is 5.28. The molecular weight excluding hydrogens is 449 g/mol. The molecule has 3 aromatic heterocycles. The van der Waals surface area contributed by atoms with E-state index in [2.05, 4.69) is 63.3 Å². The van der Waals surface area contributed by atoms with E-state index in [1.165, 1.54) is 0 Å². The summed E-state index contributed by atoms with van der Waals surface area (Å²) in [4.78, 5) is 8.72. The van der Waals surface area contributed by atoms with Crippen molar-refractivity contribution in [2.24, 2.45) is 5.10 Å². The third-order valence-corrected chi connectivity index (χ3v) is 4.06. The second-order valence-corrected chi connectivity index (χ2v) is 6.53. The van der Waals surface area contributed by atoms with Crippen LogP contribution in [0.15, 0.2) is 50.5 Å². The number of anilines is 3. The van der Waals surface area contributed by atoms with Crippen molar-refractivity contribution in [3.05, 3.63) is 51.5 Å². The summed E-state index contributed by atoms with van der Waals surface area (Å²) in [5.41, 5.74) is 4.28. The summed E-state index contributed by atoms with van der Waals surface area (Å²) in [6.45, 7) is 1.87. The fourth-order valence-corrected chi connectivity index (χ4v) is 2.51. The van der Waals surface area contributed by atoms with Crippen LogP contribution in [0.3, 0.4) is 0 Å². The molecule has 0 atom stereocenters. The van der Waals surface area contributed by atoms with Crippen LogP contribution in [-0.4, -0.2) is 26.5 Å². The van der Waals surface area contributed by atoms with E-state index < -0.39 is 0 Å². The SMILES string of the molecule is Cc1ccc(/C=N\Nc2nc3nonc3nc2Nc2ccc(I)cc2)o1. The van der Waals surface area contributed by atoms with Gasteiger partial charge >= 0.3 is 0 Å². The van der Waals surface area contributed by atoms with E-state index in [1.54, 1.807) is 6.21 Å². The quantitative estimate of drug-likeness (QED) is 0.263. The first kappa shape index (κ1) is 16.4. The number of hydrogen-bond donors (Lipinski definition) is 2. The average Bonchev–Trinajstić information content (AvgIpc) is 3.25. The standard InChI is InChI=1S/C16H12IN7O2/c1-9-2-7-12(25-9)8-18-22-14-13(19-11-5-3-10(17)4-6-11)20-15-16(21-14)24-26-23-15/h2-8H,1H3,(H,19,20,23)(H,21,22,24)/b18-8-. The van der Waals surface area contributed by atoms with Crippen LogP contribution in [0.5, 0.6) is 0 Å². The molecule has 0 radical (unpaired) electrons. The van der Waals surface area contributed by atoms with Crippen LogP contribution in [0.1, 0.15) is 11.5 Å². The Morgan fingerprint density at radius 3 is 2.42 bits per heavy atom. The Bertz CT molecular complexity index is 1070. The first-order valence-electron chi connectivity index (χ1n) is 7.56. The molecule has 0 aliphatic heterocycles. The number of benzene rings is 1. The minimum absolute atomic E-state index is 0.282. The number of nitrogens with one attached hydrogen (secondary N) is 2. The zero-order valence-corrected chi connectivity index (χ0v) is 15.6. The number of hydrogen-bond acceptors (Lipinski definition) is 9. The molecule has 130 valence electrons. The van der Waals surface area contributed by atoms with Crippen molar-refractivity contribution in [1.29, 1.82) is 0 Å². The lowest BCUT2D eigenvalue weighted by atomic mass is 10.3. The van der Waals surface area contributed by atoms with E-state index in [9.17, 15) is 0 Å². The smallest absolute Gasteiger partial charge is 0.245 e. The predicted molar refractivity (Wildman–Crippen MR) is 104 cm³/mol. The molecule has 2 N–H and O–H groups in total. The molecule has 0 aliphatic rings. The number of fused-ring (bicyclic) bond motifs is 1. The largest absolute Gasteiger partial charge is 0.460 e. The molecule has 0 fully saturated rings. The van der Waals surface area contributed by atoms with E-state index in [0.29, 0.717) is 23.0 Å². The lowest BCUT2D eigenvalue weighted by Crippen LogP contribution is -2.03. The molecule has 3 heterocycles. The van der Waals surface area contributed by atoms with Crippen molar-refractivity contribution >= 4 is 57.4 Å². The van der Waals surface area contributed by atoms with Crippen LogP contribution in [-0.2, 0) is 0 Å². The van der Waals surface area contributed by atoms with Gasteiger partial charge in [0.05, 0.1) is 6.21 Å². The topological polar surface area (TPSA) is 114 Å². The number of aromatic nitrogens is 4. The minimum atomic E-state index is 0.282. The summed E-state index contributed by atoms with van der Waals surface area (Å²) in [6, 6.07) is 11.5. The zero-order valence-electron chi connectivity index (χ0n) is 13.5. The molecule has 9 nitrogen and oxygen atoms in total. The Labute approximate surface area is 161 Å². The summed E-state index contributed by atoms with van der Waals surface area (Å²) in [5, 5.41) is 14.8. The maximum absolute atomic E-state index is 5.44. The minimum Gasteiger partial charge on any atom is -0.460 e. The number of aryl methyl sites for hydroxylation is 1. The van der Waals surface area contributed by atoms with Gasteiger partial charge in [-0.1, -0.05) is 0 Å². The monoisotopic (exact) mass is 461 g/mol. The van der Waals surface area contributed by atoms with Crippen LogP contribution in [0.25, 0.3) is 11.3 Å². The van der Waals surface area contributed by atoms with Crippen LogP contribution >= 0.6 is 22.6 Å². The molecule has 0 saturated carbocycles. The Hall–Kier alpha value is -3.02. The second kappa shape index (κ2) is 7.07. The highest BCUT2D eigenvalue weighted by atomic mass is 127. The summed E-state index contributed by atoms with van der Waals surface area (Å²) in [7, 11) is 0. The van der Waals surface area contributed by atoms with Crippen molar-refractivity contribution in [2.45, 2.75) is 6.92 Å². The fraction of sp³-hybridized carbons (Fsp3) is 0.0625. The van der Waals surface area contributed by atoms with Crippen LogP contribution in [0.2, 0.25) is 0 Å². The van der Waals surface area contributed by atoms with Crippen LogP contribution in [0.4, 0.5) is 17.3 Å². The number of halogens is 1. The third-order valence-electron chi connectivity index (χ3n) is 3.34. The van der Waals surface area contributed by atoms with E-state index in [0.717, 1.165) is 15.0 Å². The Morgan fingerprint density at radius 2 is 1.73 bits per heavy atom. The molecule has 0 spiro atoms. The average molecular weight is 461 g/mol. The fourth-order valence-electron chi connectivity index (χ4n) is 2.15. The molecule has 4 aromatic rings. The molecule has 26 heavy (non-hydrogen) atoms. The van der Waals surface area contributed by atoms with Gasteiger partial charge in [-0.2, -0.15) is 10.1 Å². The normalized spacial score (nSPS) is 11.3. The Kier molecular flexibility index (Phi) is 4.48. The Morgan fingerprint density at radius 1 is 1.00 bits per heavy atom. The first-order chi connectivity index (χ1) is 12.7. The molecule has 0 aliphatic carbocycles. The highest BCUT2D eigenvalue weighted by molar-refractivity contribution is 14.1. The maximum Gasteiger partial charge on any atom is 0.245 e. The van der Waals surface area contributed by atoms with Crippen molar-refractivity contribution in [2.75, 3.05) is 10.7 Å². The van der Waals surface area contributed by atoms with E-state index in [-0.39, 0.29) is 5.65 Å². The molecule has 0 saturated heterocycles. The van der Waals surface area contributed by atoms with Crippen molar-refractivity contribution in [3.8, 4) is 0 Å². The van der Waals surface area contributed by atoms with Gasteiger partial charge in [0.2, 0.25) is 11.3 Å². The van der Waals surface area contributed by atoms with E-state index >= 15 is 0 Å².